The van der Waals surface area contributed by atoms with Crippen molar-refractivity contribution in [2.45, 2.75) is 37.2 Å². The van der Waals surface area contributed by atoms with Crippen molar-refractivity contribution in [3.05, 3.63) is 0 Å². The number of amides is 1. The lowest BCUT2D eigenvalue weighted by molar-refractivity contribution is -0.137. The SMILES string of the molecule is CC(Cl)C(=O)N1CC(N(C2CCOCC2)S(C)(=O)=O)C1. The summed E-state index contributed by atoms with van der Waals surface area (Å²) >= 11 is 5.76. The lowest BCUT2D eigenvalue weighted by atomic mass is 10.0. The van der Waals surface area contributed by atoms with E-state index in [4.69, 9.17) is 16.3 Å². The Bertz CT molecular complexity index is 456. The van der Waals surface area contributed by atoms with Gasteiger partial charge in [-0.1, -0.05) is 0 Å². The van der Waals surface area contributed by atoms with Crippen LogP contribution in [0, 0.1) is 0 Å². The molecule has 116 valence electrons. The molecule has 2 aliphatic heterocycles. The van der Waals surface area contributed by atoms with Gasteiger partial charge in [-0.2, -0.15) is 4.31 Å². The Morgan fingerprint density at radius 3 is 2.30 bits per heavy atom. The van der Waals surface area contributed by atoms with Gasteiger partial charge in [0.15, 0.2) is 0 Å². The maximum absolute atomic E-state index is 12.0. The molecular formula is C12H21ClN2O4S. The first kappa shape index (κ1) is 16.0. The molecule has 2 saturated heterocycles. The summed E-state index contributed by atoms with van der Waals surface area (Å²) in [4.78, 5) is 13.3. The zero-order chi connectivity index (χ0) is 14.9. The second kappa shape index (κ2) is 6.17. The number of nitrogens with zero attached hydrogens (tertiary/aromatic N) is 2. The summed E-state index contributed by atoms with van der Waals surface area (Å²) in [5.74, 6) is -0.136. The van der Waals surface area contributed by atoms with Crippen LogP contribution in [0.25, 0.3) is 0 Å². The van der Waals surface area contributed by atoms with Crippen molar-refractivity contribution in [3.8, 4) is 0 Å². The van der Waals surface area contributed by atoms with Gasteiger partial charge in [-0.25, -0.2) is 8.42 Å². The average molecular weight is 325 g/mol. The van der Waals surface area contributed by atoms with Crippen molar-refractivity contribution in [1.29, 1.82) is 0 Å². The van der Waals surface area contributed by atoms with Gasteiger partial charge in [-0.3, -0.25) is 4.79 Å². The maximum Gasteiger partial charge on any atom is 0.240 e. The van der Waals surface area contributed by atoms with Crippen LogP contribution in [0.4, 0.5) is 0 Å². The van der Waals surface area contributed by atoms with Crippen molar-refractivity contribution < 1.29 is 17.9 Å². The Labute approximate surface area is 125 Å². The van der Waals surface area contributed by atoms with Gasteiger partial charge in [0.25, 0.3) is 0 Å². The van der Waals surface area contributed by atoms with Gasteiger partial charge in [0.2, 0.25) is 15.9 Å². The fourth-order valence-corrected chi connectivity index (χ4v) is 4.39. The van der Waals surface area contributed by atoms with E-state index in [1.165, 1.54) is 6.26 Å². The molecule has 0 aromatic carbocycles. The number of carbonyl (C=O) groups excluding carboxylic acids is 1. The van der Waals surface area contributed by atoms with Crippen LogP contribution >= 0.6 is 11.6 Å². The van der Waals surface area contributed by atoms with Crippen LogP contribution in [0.3, 0.4) is 0 Å². The Morgan fingerprint density at radius 1 is 1.30 bits per heavy atom. The first-order valence-electron chi connectivity index (χ1n) is 6.80. The molecule has 6 nitrogen and oxygen atoms in total. The van der Waals surface area contributed by atoms with Gasteiger partial charge in [-0.15, -0.1) is 11.6 Å². The first-order chi connectivity index (χ1) is 9.30. The molecule has 2 aliphatic rings. The van der Waals surface area contributed by atoms with Gasteiger partial charge in [-0.05, 0) is 19.8 Å². The van der Waals surface area contributed by atoms with Crippen molar-refractivity contribution in [3.63, 3.8) is 0 Å². The predicted molar refractivity (Wildman–Crippen MR) is 76.2 cm³/mol. The minimum Gasteiger partial charge on any atom is -0.381 e. The molecule has 0 bridgehead atoms. The summed E-state index contributed by atoms with van der Waals surface area (Å²) in [5, 5.41) is -0.564. The second-order valence-corrected chi connectivity index (χ2v) is 7.99. The fourth-order valence-electron chi connectivity index (χ4n) is 2.83. The molecule has 0 spiro atoms. The van der Waals surface area contributed by atoms with Gasteiger partial charge in [0.1, 0.15) is 5.38 Å². The topological polar surface area (TPSA) is 66.9 Å². The molecule has 0 aromatic rings. The van der Waals surface area contributed by atoms with Crippen molar-refractivity contribution in [1.82, 2.24) is 9.21 Å². The van der Waals surface area contributed by atoms with Crippen LogP contribution in [0.1, 0.15) is 19.8 Å². The van der Waals surface area contributed by atoms with E-state index in [-0.39, 0.29) is 18.0 Å². The highest BCUT2D eigenvalue weighted by Crippen LogP contribution is 2.26. The minimum absolute atomic E-state index is 0.0190. The summed E-state index contributed by atoms with van der Waals surface area (Å²) < 4.78 is 30.9. The number of hydrogen-bond acceptors (Lipinski definition) is 4. The standard InChI is InChI=1S/C12H21ClN2O4S/c1-9(13)12(16)14-7-11(8-14)15(20(2,17)18)10-3-5-19-6-4-10/h9-11H,3-8H2,1-2H3. The van der Waals surface area contributed by atoms with Crippen LogP contribution in [0.2, 0.25) is 0 Å². The lowest BCUT2D eigenvalue weighted by Gasteiger charge is -2.47. The summed E-state index contributed by atoms with van der Waals surface area (Å²) in [5.41, 5.74) is 0. The minimum atomic E-state index is -3.29. The summed E-state index contributed by atoms with van der Waals surface area (Å²) in [7, 11) is -3.29. The van der Waals surface area contributed by atoms with E-state index in [1.54, 1.807) is 16.1 Å². The highest BCUT2D eigenvalue weighted by atomic mass is 35.5. The van der Waals surface area contributed by atoms with Gasteiger partial charge < -0.3 is 9.64 Å². The first-order valence-corrected chi connectivity index (χ1v) is 9.08. The normalized spacial score (nSPS) is 23.7. The van der Waals surface area contributed by atoms with E-state index in [0.29, 0.717) is 39.1 Å². The Morgan fingerprint density at radius 2 is 1.85 bits per heavy atom. The van der Waals surface area contributed by atoms with Crippen molar-refractivity contribution >= 4 is 27.5 Å². The highest BCUT2D eigenvalue weighted by Gasteiger charge is 2.43. The molecule has 20 heavy (non-hydrogen) atoms. The van der Waals surface area contributed by atoms with Gasteiger partial charge in [0, 0.05) is 32.3 Å². The molecule has 0 aromatic heterocycles. The van der Waals surface area contributed by atoms with E-state index in [2.05, 4.69) is 0 Å². The van der Waals surface area contributed by atoms with E-state index in [0.717, 1.165) is 0 Å². The molecule has 1 unspecified atom stereocenters. The van der Waals surface area contributed by atoms with Gasteiger partial charge >= 0.3 is 0 Å². The summed E-state index contributed by atoms with van der Waals surface area (Å²) in [6.45, 7) is 3.67. The maximum atomic E-state index is 12.0. The number of carbonyl (C=O) groups is 1. The summed E-state index contributed by atoms with van der Waals surface area (Å²) in [6.07, 6.45) is 2.66. The largest absolute Gasteiger partial charge is 0.381 e. The van der Waals surface area contributed by atoms with Gasteiger partial charge in [0.05, 0.1) is 12.3 Å². The van der Waals surface area contributed by atoms with Crippen LogP contribution in [0.15, 0.2) is 0 Å². The second-order valence-electron chi connectivity index (χ2n) is 5.45. The molecule has 1 atom stereocenters. The Balaban J connectivity index is 2.02. The third-order valence-electron chi connectivity index (χ3n) is 3.81. The molecule has 2 fully saturated rings. The molecular weight excluding hydrogens is 304 g/mol. The van der Waals surface area contributed by atoms with E-state index in [9.17, 15) is 13.2 Å². The Kier molecular flexibility index (Phi) is 4.94. The highest BCUT2D eigenvalue weighted by molar-refractivity contribution is 7.88. The molecule has 2 rings (SSSR count). The molecule has 0 saturated carbocycles. The van der Waals surface area contributed by atoms with Crippen LogP contribution < -0.4 is 0 Å². The summed E-state index contributed by atoms with van der Waals surface area (Å²) in [6, 6.07) is -0.151. The zero-order valence-corrected chi connectivity index (χ0v) is 13.4. The quantitative estimate of drug-likeness (QED) is 0.696. The molecule has 0 N–H and O–H groups in total. The number of ether oxygens (including phenoxy) is 1. The van der Waals surface area contributed by atoms with Crippen molar-refractivity contribution in [2.75, 3.05) is 32.6 Å². The van der Waals surface area contributed by atoms with Crippen LogP contribution in [-0.2, 0) is 19.6 Å². The third-order valence-corrected chi connectivity index (χ3v) is 5.36. The van der Waals surface area contributed by atoms with Crippen molar-refractivity contribution in [2.24, 2.45) is 0 Å². The molecule has 0 radical (unpaired) electrons. The monoisotopic (exact) mass is 324 g/mol. The Hall–Kier alpha value is -0.370. The number of sulfonamides is 1. The number of hydrogen-bond donors (Lipinski definition) is 0. The number of halogens is 1. The smallest absolute Gasteiger partial charge is 0.240 e. The number of alkyl halides is 1. The lowest BCUT2D eigenvalue weighted by Crippen LogP contribution is -2.65. The van der Waals surface area contributed by atoms with Crippen LogP contribution in [-0.4, -0.2) is 73.5 Å². The zero-order valence-electron chi connectivity index (χ0n) is 11.8. The average Bonchev–Trinajstić information content (AvgIpc) is 2.31. The molecule has 0 aliphatic carbocycles. The van der Waals surface area contributed by atoms with E-state index in [1.807, 2.05) is 0 Å². The molecule has 8 heteroatoms. The third kappa shape index (κ3) is 3.44. The number of rotatable bonds is 4. The van der Waals surface area contributed by atoms with E-state index < -0.39 is 15.4 Å². The van der Waals surface area contributed by atoms with Crippen LogP contribution in [0.5, 0.6) is 0 Å². The fraction of sp³-hybridized carbons (Fsp3) is 0.917. The number of likely N-dealkylation sites (tertiary alicyclic amines) is 1. The molecule has 1 amide bonds. The predicted octanol–water partition coefficient (Wildman–Crippen LogP) is 0.265. The molecule has 2 heterocycles. The van der Waals surface area contributed by atoms with E-state index >= 15 is 0 Å².